The number of anilines is 1. The lowest BCUT2D eigenvalue weighted by atomic mass is 10.1. The van der Waals surface area contributed by atoms with Crippen LogP contribution in [0, 0.1) is 0 Å². The average Bonchev–Trinajstić information content (AvgIpc) is 2.53. The number of carbonyl (C=O) groups is 1. The van der Waals surface area contributed by atoms with Crippen molar-refractivity contribution in [1.82, 2.24) is 15.3 Å². The predicted octanol–water partition coefficient (Wildman–Crippen LogP) is 1.97. The fourth-order valence-electron chi connectivity index (χ4n) is 2.21. The van der Waals surface area contributed by atoms with Crippen molar-refractivity contribution in [3.8, 4) is 0 Å². The van der Waals surface area contributed by atoms with Crippen molar-refractivity contribution in [3.63, 3.8) is 0 Å². The summed E-state index contributed by atoms with van der Waals surface area (Å²) >= 11 is 7.37. The summed E-state index contributed by atoms with van der Waals surface area (Å²) < 4.78 is 4.88. The molecule has 6 nitrogen and oxygen atoms in total. The van der Waals surface area contributed by atoms with Gasteiger partial charge in [-0.1, -0.05) is 23.4 Å². The summed E-state index contributed by atoms with van der Waals surface area (Å²) in [6, 6.07) is 1.79. The van der Waals surface area contributed by atoms with Crippen LogP contribution in [0.25, 0.3) is 0 Å². The average molecular weight is 345 g/mol. The molecule has 0 aromatic carbocycles. The molecule has 1 aromatic rings. The predicted molar refractivity (Wildman–Crippen MR) is 88.7 cm³/mol. The maximum atomic E-state index is 11.7. The molecule has 1 N–H and O–H groups in total. The van der Waals surface area contributed by atoms with Crippen LogP contribution in [-0.2, 0) is 9.53 Å². The molecule has 1 aliphatic heterocycles. The van der Waals surface area contributed by atoms with Crippen molar-refractivity contribution in [1.29, 1.82) is 0 Å². The van der Waals surface area contributed by atoms with E-state index in [2.05, 4.69) is 20.2 Å². The molecular formula is C14H21ClN4O2S. The Kier molecular flexibility index (Phi) is 7.21. The molecule has 0 unspecified atom stereocenters. The summed E-state index contributed by atoms with van der Waals surface area (Å²) in [6.45, 7) is 3.00. The maximum absolute atomic E-state index is 11.7. The van der Waals surface area contributed by atoms with Gasteiger partial charge in [0.1, 0.15) is 11.0 Å². The van der Waals surface area contributed by atoms with Gasteiger partial charge >= 0.3 is 0 Å². The highest BCUT2D eigenvalue weighted by Gasteiger charge is 2.15. The van der Waals surface area contributed by atoms with Gasteiger partial charge in [-0.15, -0.1) is 0 Å². The van der Waals surface area contributed by atoms with E-state index in [0.717, 1.165) is 18.9 Å². The van der Waals surface area contributed by atoms with Crippen molar-refractivity contribution >= 4 is 35.1 Å². The Morgan fingerprint density at radius 3 is 2.91 bits per heavy atom. The number of thioether (sulfide) groups is 1. The third kappa shape index (κ3) is 5.62. The molecule has 1 aliphatic rings. The second kappa shape index (κ2) is 9.17. The van der Waals surface area contributed by atoms with Crippen LogP contribution in [-0.4, -0.2) is 55.0 Å². The molecule has 0 saturated carbocycles. The molecule has 22 heavy (non-hydrogen) atoms. The minimum atomic E-state index is -0.0647. The summed E-state index contributed by atoms with van der Waals surface area (Å²) in [7, 11) is 1.60. The fraction of sp³-hybridized carbons (Fsp3) is 0.643. The lowest BCUT2D eigenvalue weighted by Gasteiger charge is -2.27. The van der Waals surface area contributed by atoms with E-state index in [1.165, 1.54) is 31.0 Å². The van der Waals surface area contributed by atoms with Gasteiger partial charge in [0.15, 0.2) is 5.16 Å². The van der Waals surface area contributed by atoms with E-state index in [1.807, 2.05) is 0 Å². The first-order chi connectivity index (χ1) is 10.7. The first kappa shape index (κ1) is 17.3. The molecule has 1 aromatic heterocycles. The van der Waals surface area contributed by atoms with Crippen LogP contribution >= 0.6 is 23.4 Å². The van der Waals surface area contributed by atoms with Gasteiger partial charge in [-0.2, -0.15) is 0 Å². The van der Waals surface area contributed by atoms with Gasteiger partial charge < -0.3 is 15.0 Å². The normalized spacial score (nSPS) is 14.9. The Balaban J connectivity index is 1.90. The Morgan fingerprint density at radius 1 is 1.41 bits per heavy atom. The zero-order valence-electron chi connectivity index (χ0n) is 12.7. The standard InChI is InChI=1S/C14H21ClN4O2S/c1-21-8-5-16-13(20)10-22-14-17-11(15)9-12(18-14)19-6-3-2-4-7-19/h9H,2-8,10H2,1H3,(H,16,20). The SMILES string of the molecule is COCCNC(=O)CSc1nc(Cl)cc(N2CCCCC2)n1. The molecular weight excluding hydrogens is 324 g/mol. The van der Waals surface area contributed by atoms with Crippen molar-refractivity contribution in [2.45, 2.75) is 24.4 Å². The number of nitrogens with zero attached hydrogens (tertiary/aromatic N) is 3. The van der Waals surface area contributed by atoms with Crippen LogP contribution in [0.2, 0.25) is 5.15 Å². The second-order valence-electron chi connectivity index (χ2n) is 5.01. The van der Waals surface area contributed by atoms with E-state index < -0.39 is 0 Å². The number of halogens is 1. The fourth-order valence-corrected chi connectivity index (χ4v) is 3.12. The Labute approximate surface area is 140 Å². The molecule has 0 aliphatic carbocycles. The molecule has 122 valence electrons. The summed E-state index contributed by atoms with van der Waals surface area (Å²) in [6.07, 6.45) is 3.61. The van der Waals surface area contributed by atoms with E-state index in [-0.39, 0.29) is 11.7 Å². The van der Waals surface area contributed by atoms with Gasteiger partial charge in [-0.3, -0.25) is 4.79 Å². The second-order valence-corrected chi connectivity index (χ2v) is 6.34. The van der Waals surface area contributed by atoms with E-state index >= 15 is 0 Å². The van der Waals surface area contributed by atoms with Crippen LogP contribution < -0.4 is 10.2 Å². The maximum Gasteiger partial charge on any atom is 0.230 e. The number of nitrogens with one attached hydrogen (secondary N) is 1. The molecule has 0 spiro atoms. The molecule has 1 saturated heterocycles. The number of piperidine rings is 1. The van der Waals surface area contributed by atoms with Crippen molar-refractivity contribution in [2.75, 3.05) is 44.0 Å². The molecule has 8 heteroatoms. The van der Waals surface area contributed by atoms with E-state index in [9.17, 15) is 4.79 Å². The smallest absolute Gasteiger partial charge is 0.230 e. The van der Waals surface area contributed by atoms with Gasteiger partial charge in [-0.05, 0) is 19.3 Å². The number of hydrogen-bond acceptors (Lipinski definition) is 6. The molecule has 2 heterocycles. The molecule has 2 rings (SSSR count). The Hall–Kier alpha value is -1.05. The van der Waals surface area contributed by atoms with Crippen LogP contribution in [0.3, 0.4) is 0 Å². The molecule has 1 fully saturated rings. The van der Waals surface area contributed by atoms with Crippen LogP contribution in [0.15, 0.2) is 11.2 Å². The quantitative estimate of drug-likeness (QED) is 0.353. The number of methoxy groups -OCH3 is 1. The number of amides is 1. The first-order valence-corrected chi connectivity index (χ1v) is 8.73. The molecule has 0 atom stereocenters. The third-order valence-electron chi connectivity index (χ3n) is 3.30. The number of rotatable bonds is 7. The highest BCUT2D eigenvalue weighted by Crippen LogP contribution is 2.24. The van der Waals surface area contributed by atoms with Crippen molar-refractivity contribution in [2.24, 2.45) is 0 Å². The highest BCUT2D eigenvalue weighted by atomic mass is 35.5. The third-order valence-corrected chi connectivity index (χ3v) is 4.34. The summed E-state index contributed by atoms with van der Waals surface area (Å²) in [5.74, 6) is 1.05. The largest absolute Gasteiger partial charge is 0.383 e. The number of ether oxygens (including phenoxy) is 1. The lowest BCUT2D eigenvalue weighted by molar-refractivity contribution is -0.118. The summed E-state index contributed by atoms with van der Waals surface area (Å²) in [5.41, 5.74) is 0. The van der Waals surface area contributed by atoms with Gasteiger partial charge in [0.05, 0.1) is 12.4 Å². The lowest BCUT2D eigenvalue weighted by Crippen LogP contribution is -2.30. The number of hydrogen-bond donors (Lipinski definition) is 1. The minimum Gasteiger partial charge on any atom is -0.383 e. The molecule has 0 radical (unpaired) electrons. The Bertz CT molecular complexity index is 498. The van der Waals surface area contributed by atoms with Gasteiger partial charge in [0.25, 0.3) is 0 Å². The number of carbonyl (C=O) groups excluding carboxylic acids is 1. The van der Waals surface area contributed by atoms with Crippen LogP contribution in [0.4, 0.5) is 5.82 Å². The highest BCUT2D eigenvalue weighted by molar-refractivity contribution is 7.99. The zero-order chi connectivity index (χ0) is 15.8. The van der Waals surface area contributed by atoms with Gasteiger partial charge in [-0.25, -0.2) is 9.97 Å². The van der Waals surface area contributed by atoms with Gasteiger partial charge in [0.2, 0.25) is 5.91 Å². The Morgan fingerprint density at radius 2 is 2.18 bits per heavy atom. The first-order valence-electron chi connectivity index (χ1n) is 7.37. The molecule has 0 bridgehead atoms. The van der Waals surface area contributed by atoms with Gasteiger partial charge in [0, 0.05) is 32.8 Å². The van der Waals surface area contributed by atoms with Crippen LogP contribution in [0.1, 0.15) is 19.3 Å². The van der Waals surface area contributed by atoms with E-state index in [4.69, 9.17) is 16.3 Å². The van der Waals surface area contributed by atoms with E-state index in [0.29, 0.717) is 23.5 Å². The van der Waals surface area contributed by atoms with Crippen molar-refractivity contribution < 1.29 is 9.53 Å². The van der Waals surface area contributed by atoms with Crippen molar-refractivity contribution in [3.05, 3.63) is 11.2 Å². The number of aromatic nitrogens is 2. The van der Waals surface area contributed by atoms with E-state index in [1.54, 1.807) is 13.2 Å². The zero-order valence-corrected chi connectivity index (χ0v) is 14.3. The molecule has 1 amide bonds. The summed E-state index contributed by atoms with van der Waals surface area (Å²) in [4.78, 5) is 22.6. The minimum absolute atomic E-state index is 0.0647. The van der Waals surface area contributed by atoms with Crippen LogP contribution in [0.5, 0.6) is 0 Å². The topological polar surface area (TPSA) is 67.3 Å². The monoisotopic (exact) mass is 344 g/mol. The summed E-state index contributed by atoms with van der Waals surface area (Å²) in [5, 5.41) is 3.71.